The van der Waals surface area contributed by atoms with Crippen LogP contribution in [0.1, 0.15) is 18.4 Å². The van der Waals surface area contributed by atoms with Crippen LogP contribution in [0.15, 0.2) is 18.2 Å². The lowest BCUT2D eigenvalue weighted by atomic mass is 9.72. The molecule has 2 saturated heterocycles. The second kappa shape index (κ2) is 4.80. The number of hydrogen-bond acceptors (Lipinski definition) is 2. The molecule has 0 aliphatic carbocycles. The summed E-state index contributed by atoms with van der Waals surface area (Å²) in [5, 5.41) is 3.96. The van der Waals surface area contributed by atoms with Crippen molar-refractivity contribution in [3.8, 4) is 0 Å². The van der Waals surface area contributed by atoms with E-state index in [2.05, 4.69) is 5.32 Å². The Bertz CT molecular complexity index is 441. The monoisotopic (exact) mass is 269 g/mol. The number of ether oxygens (including phenoxy) is 1. The van der Waals surface area contributed by atoms with Gasteiger partial charge in [0, 0.05) is 16.0 Å². The lowest BCUT2D eigenvalue weighted by Crippen LogP contribution is -2.48. The van der Waals surface area contributed by atoms with Crippen molar-refractivity contribution in [2.75, 3.05) is 26.3 Å². The van der Waals surface area contributed by atoms with E-state index in [9.17, 15) is 4.39 Å². The van der Waals surface area contributed by atoms with Gasteiger partial charge in [0.1, 0.15) is 5.82 Å². The van der Waals surface area contributed by atoms with Gasteiger partial charge in [-0.1, -0.05) is 11.6 Å². The number of rotatable bonds is 3. The smallest absolute Gasteiger partial charge is 0.127 e. The molecule has 0 saturated carbocycles. The molecule has 2 fully saturated rings. The lowest BCUT2D eigenvalue weighted by Gasteiger charge is -2.43. The molecule has 2 aliphatic rings. The van der Waals surface area contributed by atoms with Crippen LogP contribution in [0.2, 0.25) is 5.02 Å². The van der Waals surface area contributed by atoms with Crippen LogP contribution in [0, 0.1) is 11.7 Å². The molecule has 0 spiro atoms. The van der Waals surface area contributed by atoms with Crippen LogP contribution < -0.4 is 5.32 Å². The third-order valence-corrected chi connectivity index (χ3v) is 4.33. The highest BCUT2D eigenvalue weighted by molar-refractivity contribution is 6.30. The van der Waals surface area contributed by atoms with Crippen LogP contribution in [0.25, 0.3) is 0 Å². The second-order valence-electron chi connectivity index (χ2n) is 5.46. The van der Waals surface area contributed by atoms with Crippen molar-refractivity contribution in [2.24, 2.45) is 5.92 Å². The van der Waals surface area contributed by atoms with Gasteiger partial charge < -0.3 is 10.1 Å². The highest BCUT2D eigenvalue weighted by Gasteiger charge is 2.44. The molecule has 4 heteroatoms. The van der Waals surface area contributed by atoms with E-state index in [4.69, 9.17) is 16.3 Å². The fourth-order valence-corrected chi connectivity index (χ4v) is 3.25. The zero-order chi connectivity index (χ0) is 12.6. The van der Waals surface area contributed by atoms with E-state index in [1.54, 1.807) is 12.1 Å². The van der Waals surface area contributed by atoms with E-state index in [1.807, 2.05) is 0 Å². The minimum absolute atomic E-state index is 0.159. The van der Waals surface area contributed by atoms with E-state index in [0.717, 1.165) is 25.1 Å². The average molecular weight is 270 g/mol. The molecule has 2 nitrogen and oxygen atoms in total. The standard InChI is InChI=1S/C14H17ClFNO/c15-11-1-2-13(16)12(5-11)14(8-18-9-14)6-10-3-4-17-7-10/h1-2,5,10,17H,3-4,6-9H2. The van der Waals surface area contributed by atoms with Gasteiger partial charge in [-0.15, -0.1) is 0 Å². The summed E-state index contributed by atoms with van der Waals surface area (Å²) < 4.78 is 19.4. The van der Waals surface area contributed by atoms with Gasteiger partial charge in [-0.3, -0.25) is 0 Å². The van der Waals surface area contributed by atoms with Crippen molar-refractivity contribution in [1.29, 1.82) is 0 Å². The number of nitrogens with one attached hydrogen (secondary N) is 1. The van der Waals surface area contributed by atoms with Crippen molar-refractivity contribution >= 4 is 11.6 Å². The van der Waals surface area contributed by atoms with E-state index >= 15 is 0 Å². The van der Waals surface area contributed by atoms with Crippen molar-refractivity contribution < 1.29 is 9.13 Å². The van der Waals surface area contributed by atoms with Gasteiger partial charge in [-0.2, -0.15) is 0 Å². The van der Waals surface area contributed by atoms with Crippen LogP contribution >= 0.6 is 11.6 Å². The minimum Gasteiger partial charge on any atom is -0.379 e. The highest BCUT2D eigenvalue weighted by Crippen LogP contribution is 2.41. The van der Waals surface area contributed by atoms with E-state index < -0.39 is 0 Å². The van der Waals surface area contributed by atoms with Gasteiger partial charge in [-0.05, 0) is 50.0 Å². The minimum atomic E-state index is -0.161. The summed E-state index contributed by atoms with van der Waals surface area (Å²) in [6.07, 6.45) is 2.15. The largest absolute Gasteiger partial charge is 0.379 e. The van der Waals surface area contributed by atoms with Crippen molar-refractivity contribution in [3.63, 3.8) is 0 Å². The predicted molar refractivity (Wildman–Crippen MR) is 69.5 cm³/mol. The maximum Gasteiger partial charge on any atom is 0.127 e. The van der Waals surface area contributed by atoms with Crippen molar-refractivity contribution in [1.82, 2.24) is 5.32 Å². The molecule has 2 heterocycles. The summed E-state index contributed by atoms with van der Waals surface area (Å²) in [5.74, 6) is 0.459. The van der Waals surface area contributed by atoms with Gasteiger partial charge in [0.05, 0.1) is 13.2 Å². The first-order valence-corrected chi connectivity index (χ1v) is 6.81. The zero-order valence-electron chi connectivity index (χ0n) is 10.2. The Hall–Kier alpha value is -0.640. The molecule has 1 aromatic rings. The first-order valence-electron chi connectivity index (χ1n) is 6.44. The predicted octanol–water partition coefficient (Wildman–Crippen LogP) is 2.75. The zero-order valence-corrected chi connectivity index (χ0v) is 11.0. The Morgan fingerprint density at radius 3 is 2.89 bits per heavy atom. The lowest BCUT2D eigenvalue weighted by molar-refractivity contribution is -0.0721. The third-order valence-electron chi connectivity index (χ3n) is 4.10. The highest BCUT2D eigenvalue weighted by atomic mass is 35.5. The molecule has 0 bridgehead atoms. The van der Waals surface area contributed by atoms with Gasteiger partial charge in [-0.25, -0.2) is 4.39 Å². The molecule has 2 aliphatic heterocycles. The number of benzene rings is 1. The van der Waals surface area contributed by atoms with Crippen LogP contribution in [-0.4, -0.2) is 26.3 Å². The fraction of sp³-hybridized carbons (Fsp3) is 0.571. The summed E-state index contributed by atoms with van der Waals surface area (Å²) in [7, 11) is 0. The van der Waals surface area contributed by atoms with Gasteiger partial charge >= 0.3 is 0 Å². The summed E-state index contributed by atoms with van der Waals surface area (Å²) in [4.78, 5) is 0. The van der Waals surface area contributed by atoms with Gasteiger partial charge in [0.2, 0.25) is 0 Å². The first-order chi connectivity index (χ1) is 8.70. The maximum atomic E-state index is 14.0. The molecule has 18 heavy (non-hydrogen) atoms. The van der Waals surface area contributed by atoms with Crippen LogP contribution in [0.4, 0.5) is 4.39 Å². The first kappa shape index (κ1) is 12.4. The molecule has 0 aromatic heterocycles. The normalized spacial score (nSPS) is 26.0. The fourth-order valence-electron chi connectivity index (χ4n) is 3.08. The SMILES string of the molecule is Fc1ccc(Cl)cc1C1(CC2CCNC2)COC1. The maximum absolute atomic E-state index is 14.0. The molecule has 1 aromatic carbocycles. The molecule has 98 valence electrons. The summed E-state index contributed by atoms with van der Waals surface area (Å²) in [6.45, 7) is 3.32. The number of hydrogen-bond donors (Lipinski definition) is 1. The Balaban J connectivity index is 1.87. The molecule has 1 unspecified atom stereocenters. The molecular formula is C14H17ClFNO. The van der Waals surface area contributed by atoms with Crippen LogP contribution in [0.5, 0.6) is 0 Å². The third kappa shape index (κ3) is 2.15. The topological polar surface area (TPSA) is 21.3 Å². The summed E-state index contributed by atoms with van der Waals surface area (Å²) in [6, 6.07) is 4.83. The van der Waals surface area contributed by atoms with Crippen molar-refractivity contribution in [3.05, 3.63) is 34.6 Å². The van der Waals surface area contributed by atoms with Gasteiger partial charge in [0.15, 0.2) is 0 Å². The second-order valence-corrected chi connectivity index (χ2v) is 5.90. The Kier molecular flexibility index (Phi) is 3.31. The Morgan fingerprint density at radius 2 is 2.28 bits per heavy atom. The molecule has 1 N–H and O–H groups in total. The molecule has 1 atom stereocenters. The average Bonchev–Trinajstić information content (AvgIpc) is 2.80. The molecule has 0 radical (unpaired) electrons. The quantitative estimate of drug-likeness (QED) is 0.911. The summed E-state index contributed by atoms with van der Waals surface area (Å²) >= 11 is 6.00. The summed E-state index contributed by atoms with van der Waals surface area (Å²) in [5.41, 5.74) is 0.569. The van der Waals surface area contributed by atoms with Crippen LogP contribution in [0.3, 0.4) is 0 Å². The van der Waals surface area contributed by atoms with Gasteiger partial charge in [0.25, 0.3) is 0 Å². The Morgan fingerprint density at radius 1 is 1.44 bits per heavy atom. The Labute approximate surface area is 111 Å². The van der Waals surface area contributed by atoms with E-state index in [1.165, 1.54) is 12.5 Å². The molecule has 3 rings (SSSR count). The molecular weight excluding hydrogens is 253 g/mol. The van der Waals surface area contributed by atoms with Crippen LogP contribution in [-0.2, 0) is 10.2 Å². The van der Waals surface area contributed by atoms with Crippen molar-refractivity contribution in [2.45, 2.75) is 18.3 Å². The number of halogens is 2. The van der Waals surface area contributed by atoms with E-state index in [-0.39, 0.29) is 11.2 Å². The molecule has 0 amide bonds. The van der Waals surface area contributed by atoms with E-state index in [0.29, 0.717) is 24.2 Å².